The summed E-state index contributed by atoms with van der Waals surface area (Å²) in [5.41, 5.74) is 9.05. The van der Waals surface area contributed by atoms with Gasteiger partial charge in [-0.05, 0) is 24.5 Å². The van der Waals surface area contributed by atoms with E-state index in [2.05, 4.69) is 44.3 Å². The molecular weight excluding hydrogens is 252 g/mol. The smallest absolute Gasteiger partial charge is 0.226 e. The van der Waals surface area contributed by atoms with Crippen LogP contribution in [0.5, 0.6) is 0 Å². The van der Waals surface area contributed by atoms with Crippen LogP contribution in [0.3, 0.4) is 0 Å². The molecule has 6 nitrogen and oxygen atoms in total. The molecule has 100 valence electrons. The molecule has 0 saturated heterocycles. The van der Waals surface area contributed by atoms with Gasteiger partial charge in [0, 0.05) is 24.6 Å². The van der Waals surface area contributed by atoms with Crippen LogP contribution in [0.2, 0.25) is 0 Å². The zero-order chi connectivity index (χ0) is 13.5. The summed E-state index contributed by atoms with van der Waals surface area (Å²) in [6.45, 7) is 0.927. The molecule has 0 aliphatic carbocycles. The molecule has 2 N–H and O–H groups in total. The summed E-state index contributed by atoms with van der Waals surface area (Å²) in [7, 11) is 0. The lowest BCUT2D eigenvalue weighted by Crippen LogP contribution is -2.25. The number of nitrogens with two attached hydrogens (primary N) is 1. The quantitative estimate of drug-likeness (QED) is 0.727. The van der Waals surface area contributed by atoms with Crippen molar-refractivity contribution in [2.75, 3.05) is 17.2 Å². The number of rotatable bonds is 1. The van der Waals surface area contributed by atoms with Crippen LogP contribution in [0.25, 0.3) is 5.65 Å². The topological polar surface area (TPSA) is 72.3 Å². The fraction of sp³-hybridized carbons (Fsp3) is 0.214. The molecule has 3 aromatic rings. The van der Waals surface area contributed by atoms with E-state index in [-0.39, 0.29) is 0 Å². The number of para-hydroxylation sites is 1. The molecular formula is C14H14N6. The highest BCUT2D eigenvalue weighted by molar-refractivity contribution is 5.75. The van der Waals surface area contributed by atoms with Crippen molar-refractivity contribution in [2.24, 2.45) is 0 Å². The van der Waals surface area contributed by atoms with Crippen molar-refractivity contribution < 1.29 is 0 Å². The van der Waals surface area contributed by atoms with Crippen LogP contribution in [0.15, 0.2) is 36.7 Å². The van der Waals surface area contributed by atoms with Crippen molar-refractivity contribution in [3.63, 3.8) is 0 Å². The van der Waals surface area contributed by atoms with E-state index in [1.807, 2.05) is 0 Å². The van der Waals surface area contributed by atoms with E-state index in [1.54, 1.807) is 16.8 Å². The molecule has 0 bridgehead atoms. The molecule has 0 unspecified atom stereocenters. The third-order valence-corrected chi connectivity index (χ3v) is 3.70. The van der Waals surface area contributed by atoms with Crippen LogP contribution in [0.1, 0.15) is 12.0 Å². The number of aryl methyl sites for hydroxylation is 1. The van der Waals surface area contributed by atoms with Crippen molar-refractivity contribution in [3.05, 3.63) is 42.2 Å². The summed E-state index contributed by atoms with van der Waals surface area (Å²) >= 11 is 0. The number of nitrogens with zero attached hydrogens (tertiary/aromatic N) is 5. The second-order valence-electron chi connectivity index (χ2n) is 4.89. The lowest BCUT2D eigenvalue weighted by molar-refractivity contribution is 0.759. The third-order valence-electron chi connectivity index (χ3n) is 3.70. The minimum absolute atomic E-state index is 0.383. The van der Waals surface area contributed by atoms with E-state index >= 15 is 0 Å². The molecule has 1 aliphatic rings. The summed E-state index contributed by atoms with van der Waals surface area (Å²) in [5.74, 6) is 1.19. The first-order valence-corrected chi connectivity index (χ1v) is 6.65. The standard InChI is InChI=1S/C14H14N6/c15-14-18-17-13-12(16-7-9-20(13)14)19-8-3-5-10-4-1-2-6-11(10)19/h1-2,4,6-7,9H,3,5,8H2,(H2,15,18). The largest absolute Gasteiger partial charge is 0.368 e. The summed E-state index contributed by atoms with van der Waals surface area (Å²) in [6, 6.07) is 8.42. The second kappa shape index (κ2) is 4.19. The highest BCUT2D eigenvalue weighted by Gasteiger charge is 2.22. The molecule has 0 spiro atoms. The monoisotopic (exact) mass is 266 g/mol. The predicted molar refractivity (Wildman–Crippen MR) is 77.0 cm³/mol. The number of aromatic nitrogens is 4. The molecule has 4 rings (SSSR count). The normalized spacial score (nSPS) is 14.5. The van der Waals surface area contributed by atoms with Gasteiger partial charge >= 0.3 is 0 Å². The molecule has 0 saturated carbocycles. The van der Waals surface area contributed by atoms with Gasteiger partial charge in [-0.25, -0.2) is 4.98 Å². The second-order valence-corrected chi connectivity index (χ2v) is 4.89. The lowest BCUT2D eigenvalue weighted by Gasteiger charge is -2.30. The fourth-order valence-electron chi connectivity index (χ4n) is 2.78. The number of fused-ring (bicyclic) bond motifs is 2. The number of nitrogen functional groups attached to an aromatic ring is 1. The summed E-state index contributed by atoms with van der Waals surface area (Å²) in [4.78, 5) is 6.69. The van der Waals surface area contributed by atoms with Gasteiger partial charge in [-0.3, -0.25) is 4.40 Å². The SMILES string of the molecule is Nc1nnc2c(N3CCCc4ccccc43)nccn12. The third kappa shape index (κ3) is 1.54. The molecule has 6 heteroatoms. The summed E-state index contributed by atoms with van der Waals surface area (Å²) < 4.78 is 1.76. The first-order chi connectivity index (χ1) is 9.84. The Morgan fingerprint density at radius 1 is 1.15 bits per heavy atom. The van der Waals surface area contributed by atoms with Gasteiger partial charge < -0.3 is 10.6 Å². The zero-order valence-electron chi connectivity index (χ0n) is 10.9. The Kier molecular flexibility index (Phi) is 2.35. The van der Waals surface area contributed by atoms with E-state index in [0.29, 0.717) is 11.6 Å². The van der Waals surface area contributed by atoms with Crippen molar-refractivity contribution in [1.82, 2.24) is 19.6 Å². The average Bonchev–Trinajstić information content (AvgIpc) is 2.88. The molecule has 2 aromatic heterocycles. The maximum Gasteiger partial charge on any atom is 0.226 e. The predicted octanol–water partition coefficient (Wildman–Crippen LogP) is 1.79. The molecule has 20 heavy (non-hydrogen) atoms. The van der Waals surface area contributed by atoms with Crippen LogP contribution >= 0.6 is 0 Å². The van der Waals surface area contributed by atoms with E-state index in [0.717, 1.165) is 25.2 Å². The van der Waals surface area contributed by atoms with Crippen molar-refractivity contribution in [1.29, 1.82) is 0 Å². The fourth-order valence-corrected chi connectivity index (χ4v) is 2.78. The Balaban J connectivity index is 1.92. The molecule has 3 heterocycles. The highest BCUT2D eigenvalue weighted by Crippen LogP contribution is 2.33. The number of hydrogen-bond donors (Lipinski definition) is 1. The van der Waals surface area contributed by atoms with E-state index in [1.165, 1.54) is 11.3 Å². The Bertz CT molecular complexity index is 778. The Morgan fingerprint density at radius 2 is 2.05 bits per heavy atom. The van der Waals surface area contributed by atoms with Crippen LogP contribution < -0.4 is 10.6 Å². The Morgan fingerprint density at radius 3 is 3.00 bits per heavy atom. The van der Waals surface area contributed by atoms with Crippen molar-refractivity contribution in [2.45, 2.75) is 12.8 Å². The molecule has 0 atom stereocenters. The number of anilines is 3. The van der Waals surface area contributed by atoms with E-state index in [9.17, 15) is 0 Å². The summed E-state index contributed by atoms with van der Waals surface area (Å²) in [6.07, 6.45) is 5.72. The van der Waals surface area contributed by atoms with Gasteiger partial charge in [0.05, 0.1) is 0 Å². The zero-order valence-corrected chi connectivity index (χ0v) is 10.9. The minimum Gasteiger partial charge on any atom is -0.368 e. The first-order valence-electron chi connectivity index (χ1n) is 6.65. The van der Waals surface area contributed by atoms with E-state index < -0.39 is 0 Å². The maximum atomic E-state index is 5.81. The van der Waals surface area contributed by atoms with Gasteiger partial charge in [-0.1, -0.05) is 18.2 Å². The van der Waals surface area contributed by atoms with Crippen LogP contribution in [-0.2, 0) is 6.42 Å². The van der Waals surface area contributed by atoms with Gasteiger partial charge in [0.25, 0.3) is 0 Å². The van der Waals surface area contributed by atoms with Crippen LogP contribution in [0.4, 0.5) is 17.5 Å². The molecule has 0 amide bonds. The lowest BCUT2D eigenvalue weighted by atomic mass is 10.0. The molecule has 1 aliphatic heterocycles. The maximum absolute atomic E-state index is 5.81. The van der Waals surface area contributed by atoms with Crippen molar-refractivity contribution >= 4 is 23.1 Å². The molecule has 0 fully saturated rings. The number of hydrogen-bond acceptors (Lipinski definition) is 5. The van der Waals surface area contributed by atoms with E-state index in [4.69, 9.17) is 5.73 Å². The van der Waals surface area contributed by atoms with Gasteiger partial charge in [-0.2, -0.15) is 0 Å². The van der Waals surface area contributed by atoms with Crippen LogP contribution in [0, 0.1) is 0 Å². The van der Waals surface area contributed by atoms with Gasteiger partial charge in [0.15, 0.2) is 5.82 Å². The molecule has 1 aromatic carbocycles. The van der Waals surface area contributed by atoms with Crippen molar-refractivity contribution in [3.8, 4) is 0 Å². The average molecular weight is 266 g/mol. The van der Waals surface area contributed by atoms with Gasteiger partial charge in [0.2, 0.25) is 11.6 Å². The first kappa shape index (κ1) is 11.2. The number of benzene rings is 1. The highest BCUT2D eigenvalue weighted by atomic mass is 15.3. The van der Waals surface area contributed by atoms with Gasteiger partial charge in [0.1, 0.15) is 0 Å². The van der Waals surface area contributed by atoms with Crippen LogP contribution in [-0.4, -0.2) is 26.1 Å². The Labute approximate surface area is 115 Å². The van der Waals surface area contributed by atoms with Gasteiger partial charge in [-0.15, -0.1) is 10.2 Å². The summed E-state index contributed by atoms with van der Waals surface area (Å²) in [5, 5.41) is 8.08. The Hall–Kier alpha value is -2.63. The minimum atomic E-state index is 0.383. The molecule has 0 radical (unpaired) electrons.